The monoisotopic (exact) mass is 297 g/mol. The summed E-state index contributed by atoms with van der Waals surface area (Å²) >= 11 is 6.15. The van der Waals surface area contributed by atoms with Gasteiger partial charge in [-0.05, 0) is 37.5 Å². The van der Waals surface area contributed by atoms with Crippen molar-refractivity contribution in [2.75, 3.05) is 11.9 Å². The average molecular weight is 298 g/mol. The molecule has 0 saturated carbocycles. The molecule has 0 aliphatic heterocycles. The second-order valence-corrected chi connectivity index (χ2v) is 6.14. The van der Waals surface area contributed by atoms with Gasteiger partial charge in [-0.1, -0.05) is 43.1 Å². The third kappa shape index (κ3) is 4.93. The van der Waals surface area contributed by atoms with E-state index in [2.05, 4.69) is 10.5 Å². The molecule has 4 nitrogen and oxygen atoms in total. The highest BCUT2D eigenvalue weighted by molar-refractivity contribution is 6.33. The van der Waals surface area contributed by atoms with Gasteiger partial charge >= 0.3 is 0 Å². The molecule has 0 heterocycles. The number of hydrogen-bond acceptors (Lipinski definition) is 3. The Morgan fingerprint density at radius 1 is 1.40 bits per heavy atom. The zero-order valence-electron chi connectivity index (χ0n) is 12.4. The Morgan fingerprint density at radius 3 is 2.70 bits per heavy atom. The maximum atomic E-state index is 8.71. The minimum absolute atomic E-state index is 0.268. The Hall–Kier alpha value is -1.42. The second-order valence-electron chi connectivity index (χ2n) is 5.74. The molecule has 0 aliphatic rings. The summed E-state index contributed by atoms with van der Waals surface area (Å²) in [6.07, 6.45) is 2.89. The van der Waals surface area contributed by atoms with Crippen molar-refractivity contribution < 1.29 is 5.21 Å². The molecule has 0 spiro atoms. The molecule has 0 aliphatic carbocycles. The SMILES string of the molecule is Cc1ccc(NCCCCC(C)(C)/C(N)=N/O)c(Cl)c1. The zero-order chi connectivity index (χ0) is 15.2. The summed E-state index contributed by atoms with van der Waals surface area (Å²) in [5, 5.41) is 15.9. The van der Waals surface area contributed by atoms with Crippen LogP contribution in [0.4, 0.5) is 5.69 Å². The predicted octanol–water partition coefficient (Wildman–Crippen LogP) is 4.00. The van der Waals surface area contributed by atoms with Crippen LogP contribution in [-0.4, -0.2) is 17.6 Å². The highest BCUT2D eigenvalue weighted by atomic mass is 35.5. The molecule has 112 valence electrons. The molecule has 1 aromatic rings. The fourth-order valence-corrected chi connectivity index (χ4v) is 2.24. The number of anilines is 1. The van der Waals surface area contributed by atoms with Crippen molar-refractivity contribution in [1.82, 2.24) is 0 Å². The molecule has 0 amide bonds. The quantitative estimate of drug-likeness (QED) is 0.234. The number of amidine groups is 1. The van der Waals surface area contributed by atoms with Crippen LogP contribution >= 0.6 is 11.6 Å². The summed E-state index contributed by atoms with van der Waals surface area (Å²) in [6.45, 7) is 6.83. The molecule has 0 fully saturated rings. The fourth-order valence-electron chi connectivity index (χ4n) is 1.94. The maximum absolute atomic E-state index is 8.71. The summed E-state index contributed by atoms with van der Waals surface area (Å²) in [5.74, 6) is 0.284. The number of oxime groups is 1. The topological polar surface area (TPSA) is 70.6 Å². The molecule has 0 radical (unpaired) electrons. The predicted molar refractivity (Wildman–Crippen MR) is 85.7 cm³/mol. The minimum atomic E-state index is -0.268. The molecule has 4 N–H and O–H groups in total. The van der Waals surface area contributed by atoms with Crippen LogP contribution in [0.2, 0.25) is 5.02 Å². The molecule has 0 unspecified atom stereocenters. The van der Waals surface area contributed by atoms with Crippen LogP contribution in [0, 0.1) is 12.3 Å². The van der Waals surface area contributed by atoms with Crippen LogP contribution in [0.25, 0.3) is 0 Å². The Morgan fingerprint density at radius 2 is 2.10 bits per heavy atom. The Labute approximate surface area is 126 Å². The van der Waals surface area contributed by atoms with Crippen LogP contribution < -0.4 is 11.1 Å². The Bertz CT molecular complexity index is 472. The van der Waals surface area contributed by atoms with Crippen LogP contribution in [-0.2, 0) is 0 Å². The fraction of sp³-hybridized carbons (Fsp3) is 0.533. The molecule has 0 aromatic heterocycles. The van der Waals surface area contributed by atoms with Crippen molar-refractivity contribution >= 4 is 23.1 Å². The summed E-state index contributed by atoms with van der Waals surface area (Å²) < 4.78 is 0. The maximum Gasteiger partial charge on any atom is 0.144 e. The van der Waals surface area contributed by atoms with Crippen molar-refractivity contribution in [3.8, 4) is 0 Å². The van der Waals surface area contributed by atoms with E-state index in [1.807, 2.05) is 39.0 Å². The number of rotatable bonds is 7. The van der Waals surface area contributed by atoms with Gasteiger partial charge in [0.1, 0.15) is 5.84 Å². The van der Waals surface area contributed by atoms with Gasteiger partial charge in [0.05, 0.1) is 10.7 Å². The van der Waals surface area contributed by atoms with E-state index in [-0.39, 0.29) is 11.3 Å². The minimum Gasteiger partial charge on any atom is -0.409 e. The molecule has 1 aromatic carbocycles. The first-order chi connectivity index (χ1) is 9.36. The zero-order valence-corrected chi connectivity index (χ0v) is 13.2. The van der Waals surface area contributed by atoms with Crippen LogP contribution in [0.5, 0.6) is 0 Å². The number of hydrogen-bond donors (Lipinski definition) is 3. The summed E-state index contributed by atoms with van der Waals surface area (Å²) in [6, 6.07) is 5.99. The normalized spacial score (nSPS) is 12.5. The van der Waals surface area contributed by atoms with Crippen molar-refractivity contribution in [3.63, 3.8) is 0 Å². The highest BCUT2D eigenvalue weighted by Gasteiger charge is 2.22. The summed E-state index contributed by atoms with van der Waals surface area (Å²) in [7, 11) is 0. The largest absolute Gasteiger partial charge is 0.409 e. The van der Waals surface area contributed by atoms with Gasteiger partial charge in [0.15, 0.2) is 0 Å². The van der Waals surface area contributed by atoms with E-state index < -0.39 is 0 Å². The van der Waals surface area contributed by atoms with Crippen molar-refractivity contribution in [1.29, 1.82) is 0 Å². The smallest absolute Gasteiger partial charge is 0.144 e. The van der Waals surface area contributed by atoms with Crippen LogP contribution in [0.3, 0.4) is 0 Å². The number of unbranched alkanes of at least 4 members (excludes halogenated alkanes) is 1. The number of aryl methyl sites for hydroxylation is 1. The van der Waals surface area contributed by atoms with Crippen LogP contribution in [0.1, 0.15) is 38.7 Å². The van der Waals surface area contributed by atoms with E-state index in [4.69, 9.17) is 22.5 Å². The standard InChI is InChI=1S/C15H24ClN3O/c1-11-6-7-13(12(16)10-11)18-9-5-4-8-15(2,3)14(17)19-20/h6-7,10,18,20H,4-5,8-9H2,1-3H3,(H2,17,19). The molecule has 5 heteroatoms. The molecule has 1 rings (SSSR count). The molecule has 0 saturated heterocycles. The Balaban J connectivity index is 2.32. The molecule has 0 atom stereocenters. The lowest BCUT2D eigenvalue weighted by atomic mass is 9.86. The van der Waals surface area contributed by atoms with Gasteiger partial charge in [-0.15, -0.1) is 0 Å². The van der Waals surface area contributed by atoms with Gasteiger partial charge in [-0.3, -0.25) is 0 Å². The van der Waals surface area contributed by atoms with Gasteiger partial charge < -0.3 is 16.3 Å². The molecule has 20 heavy (non-hydrogen) atoms. The van der Waals surface area contributed by atoms with Gasteiger partial charge in [0.2, 0.25) is 0 Å². The second kappa shape index (κ2) is 7.39. The van der Waals surface area contributed by atoms with Gasteiger partial charge in [0, 0.05) is 12.0 Å². The van der Waals surface area contributed by atoms with Crippen LogP contribution in [0.15, 0.2) is 23.4 Å². The molecular weight excluding hydrogens is 274 g/mol. The van der Waals surface area contributed by atoms with Crippen molar-refractivity contribution in [2.45, 2.75) is 40.0 Å². The lowest BCUT2D eigenvalue weighted by Crippen LogP contribution is -2.31. The number of nitrogens with zero attached hydrogens (tertiary/aromatic N) is 1. The lowest BCUT2D eigenvalue weighted by molar-refractivity contribution is 0.304. The number of nitrogens with two attached hydrogens (primary N) is 1. The lowest BCUT2D eigenvalue weighted by Gasteiger charge is -2.22. The average Bonchev–Trinajstić information content (AvgIpc) is 2.39. The van der Waals surface area contributed by atoms with E-state index >= 15 is 0 Å². The Kier molecular flexibility index (Phi) is 6.14. The molecule has 0 bridgehead atoms. The number of benzene rings is 1. The van der Waals surface area contributed by atoms with Gasteiger partial charge in [-0.25, -0.2) is 0 Å². The first-order valence-corrected chi connectivity index (χ1v) is 7.22. The third-order valence-electron chi connectivity index (χ3n) is 3.47. The first kappa shape index (κ1) is 16.6. The van der Waals surface area contributed by atoms with Gasteiger partial charge in [0.25, 0.3) is 0 Å². The number of halogens is 1. The van der Waals surface area contributed by atoms with E-state index in [1.165, 1.54) is 0 Å². The van der Waals surface area contributed by atoms with E-state index in [0.717, 1.165) is 42.1 Å². The highest BCUT2D eigenvalue weighted by Crippen LogP contribution is 2.25. The van der Waals surface area contributed by atoms with Gasteiger partial charge in [-0.2, -0.15) is 0 Å². The van der Waals surface area contributed by atoms with Crippen molar-refractivity contribution in [3.05, 3.63) is 28.8 Å². The first-order valence-electron chi connectivity index (χ1n) is 6.85. The van der Waals surface area contributed by atoms with Crippen molar-refractivity contribution in [2.24, 2.45) is 16.3 Å². The van der Waals surface area contributed by atoms with E-state index in [9.17, 15) is 0 Å². The number of nitrogens with one attached hydrogen (secondary N) is 1. The molecular formula is C15H24ClN3O. The van der Waals surface area contributed by atoms with E-state index in [1.54, 1.807) is 0 Å². The summed E-state index contributed by atoms with van der Waals surface area (Å²) in [4.78, 5) is 0. The van der Waals surface area contributed by atoms with E-state index in [0.29, 0.717) is 0 Å². The summed E-state index contributed by atoms with van der Waals surface area (Å²) in [5.41, 5.74) is 7.51. The third-order valence-corrected chi connectivity index (χ3v) is 3.78.